The van der Waals surface area contributed by atoms with Crippen LogP contribution in [-0.4, -0.2) is 31.4 Å². The SMILES string of the molecule is N=c1ncn(CCc2ccc(-c3ccccc3)cc2)c2nc(Sc3cc4c(cc3O)OCO4)[nH]c12. The number of aromatic nitrogens is 4. The topological polar surface area (TPSA) is 109 Å². The van der Waals surface area contributed by atoms with Crippen LogP contribution >= 0.6 is 11.8 Å². The first-order chi connectivity index (χ1) is 17.1. The van der Waals surface area contributed by atoms with Crippen molar-refractivity contribution in [2.75, 3.05) is 6.79 Å². The van der Waals surface area contributed by atoms with E-state index in [0.29, 0.717) is 39.3 Å². The highest BCUT2D eigenvalue weighted by molar-refractivity contribution is 7.99. The fourth-order valence-electron chi connectivity index (χ4n) is 4.02. The molecule has 0 atom stereocenters. The zero-order chi connectivity index (χ0) is 23.8. The van der Waals surface area contributed by atoms with Gasteiger partial charge in [0.1, 0.15) is 11.3 Å². The molecule has 3 N–H and O–H groups in total. The van der Waals surface area contributed by atoms with Crippen molar-refractivity contribution in [3.63, 3.8) is 0 Å². The monoisotopic (exact) mass is 483 g/mol. The van der Waals surface area contributed by atoms with Gasteiger partial charge in [0.25, 0.3) is 0 Å². The molecule has 3 aromatic carbocycles. The first kappa shape index (κ1) is 21.3. The van der Waals surface area contributed by atoms with Crippen molar-refractivity contribution in [1.82, 2.24) is 19.5 Å². The quantitative estimate of drug-likeness (QED) is 0.322. The molecule has 6 rings (SSSR count). The van der Waals surface area contributed by atoms with Gasteiger partial charge in [-0.25, -0.2) is 9.97 Å². The van der Waals surface area contributed by atoms with Crippen LogP contribution in [0.2, 0.25) is 0 Å². The molecule has 0 fully saturated rings. The zero-order valence-corrected chi connectivity index (χ0v) is 19.4. The Balaban J connectivity index is 1.23. The molecule has 5 aromatic rings. The fourth-order valence-corrected chi connectivity index (χ4v) is 4.84. The maximum absolute atomic E-state index is 10.4. The van der Waals surface area contributed by atoms with E-state index < -0.39 is 0 Å². The maximum atomic E-state index is 10.4. The van der Waals surface area contributed by atoms with E-state index in [2.05, 4.69) is 46.4 Å². The minimum Gasteiger partial charge on any atom is -0.507 e. The summed E-state index contributed by atoms with van der Waals surface area (Å²) in [5.41, 5.74) is 4.91. The van der Waals surface area contributed by atoms with E-state index in [-0.39, 0.29) is 18.0 Å². The minimum absolute atomic E-state index is 0.0794. The number of aromatic amines is 1. The molecule has 0 bridgehead atoms. The molecular formula is C26H21N5O3S. The van der Waals surface area contributed by atoms with Crippen molar-refractivity contribution in [2.45, 2.75) is 23.0 Å². The number of rotatable bonds is 6. The number of phenols is 1. The lowest BCUT2D eigenvalue weighted by Gasteiger charge is -2.08. The molecule has 2 aromatic heterocycles. The number of imidazole rings is 1. The molecule has 0 aliphatic carbocycles. The molecule has 35 heavy (non-hydrogen) atoms. The molecule has 9 heteroatoms. The average molecular weight is 484 g/mol. The second-order valence-electron chi connectivity index (χ2n) is 8.12. The Morgan fingerprint density at radius 3 is 2.54 bits per heavy atom. The molecule has 174 valence electrons. The second-order valence-corrected chi connectivity index (χ2v) is 9.15. The molecule has 3 heterocycles. The molecular weight excluding hydrogens is 462 g/mol. The van der Waals surface area contributed by atoms with Gasteiger partial charge in [-0.15, -0.1) is 0 Å². The molecule has 0 radical (unpaired) electrons. The van der Waals surface area contributed by atoms with Gasteiger partial charge in [0.05, 0.1) is 11.2 Å². The predicted molar refractivity (Wildman–Crippen MR) is 132 cm³/mol. The van der Waals surface area contributed by atoms with E-state index in [1.807, 2.05) is 22.8 Å². The summed E-state index contributed by atoms with van der Waals surface area (Å²) >= 11 is 1.26. The number of hydrogen-bond acceptors (Lipinski definition) is 7. The van der Waals surface area contributed by atoms with E-state index in [0.717, 1.165) is 6.42 Å². The summed E-state index contributed by atoms with van der Waals surface area (Å²) in [7, 11) is 0. The van der Waals surface area contributed by atoms with Gasteiger partial charge in [-0.05, 0) is 34.9 Å². The third-order valence-corrected chi connectivity index (χ3v) is 6.79. The van der Waals surface area contributed by atoms with Gasteiger partial charge in [0.2, 0.25) is 6.79 Å². The summed E-state index contributed by atoms with van der Waals surface area (Å²) in [5, 5.41) is 19.1. The van der Waals surface area contributed by atoms with Crippen LogP contribution in [0.15, 0.2) is 83.1 Å². The third-order valence-electron chi connectivity index (χ3n) is 5.86. The van der Waals surface area contributed by atoms with E-state index in [4.69, 9.17) is 19.9 Å². The Bertz CT molecular complexity index is 1580. The smallest absolute Gasteiger partial charge is 0.231 e. The highest BCUT2D eigenvalue weighted by Gasteiger charge is 2.19. The largest absolute Gasteiger partial charge is 0.507 e. The molecule has 0 unspecified atom stereocenters. The van der Waals surface area contributed by atoms with Crippen LogP contribution in [0.5, 0.6) is 17.2 Å². The molecule has 0 spiro atoms. The summed E-state index contributed by atoms with van der Waals surface area (Å²) in [6.07, 6.45) is 2.45. The second kappa shape index (κ2) is 8.84. The van der Waals surface area contributed by atoms with Crippen molar-refractivity contribution in [1.29, 1.82) is 5.41 Å². The van der Waals surface area contributed by atoms with Crippen molar-refractivity contribution in [3.05, 3.63) is 84.1 Å². The average Bonchev–Trinajstić information content (AvgIpc) is 3.52. The number of H-pyrrole nitrogens is 1. The van der Waals surface area contributed by atoms with Crippen LogP contribution in [0, 0.1) is 5.41 Å². The van der Waals surface area contributed by atoms with Crippen LogP contribution in [-0.2, 0) is 13.0 Å². The van der Waals surface area contributed by atoms with Gasteiger partial charge >= 0.3 is 0 Å². The van der Waals surface area contributed by atoms with Gasteiger partial charge in [-0.2, -0.15) is 0 Å². The number of nitrogens with one attached hydrogen (secondary N) is 2. The lowest BCUT2D eigenvalue weighted by molar-refractivity contribution is 0.174. The van der Waals surface area contributed by atoms with Crippen molar-refractivity contribution in [3.8, 4) is 28.4 Å². The van der Waals surface area contributed by atoms with Crippen LogP contribution in [0.25, 0.3) is 22.3 Å². The summed E-state index contributed by atoms with van der Waals surface area (Å²) in [4.78, 5) is 12.7. The third kappa shape index (κ3) is 4.22. The number of fused-ring (bicyclic) bond motifs is 2. The normalized spacial score (nSPS) is 12.3. The number of ether oxygens (including phenoxy) is 2. The van der Waals surface area contributed by atoms with E-state index in [9.17, 15) is 5.11 Å². The number of phenolic OH excluding ortho intramolecular Hbond substituents is 1. The first-order valence-corrected chi connectivity index (χ1v) is 11.9. The number of benzene rings is 3. The van der Waals surface area contributed by atoms with E-state index in [1.54, 1.807) is 12.4 Å². The summed E-state index contributed by atoms with van der Waals surface area (Å²) in [6, 6.07) is 22.1. The molecule has 0 saturated carbocycles. The van der Waals surface area contributed by atoms with Gasteiger partial charge in [-0.1, -0.05) is 54.6 Å². The zero-order valence-electron chi connectivity index (χ0n) is 18.6. The molecule has 1 aliphatic heterocycles. The van der Waals surface area contributed by atoms with Gasteiger partial charge in [0, 0.05) is 18.7 Å². The molecule has 0 amide bonds. The van der Waals surface area contributed by atoms with Crippen molar-refractivity contribution in [2.24, 2.45) is 0 Å². The molecule has 1 aliphatic rings. The van der Waals surface area contributed by atoms with E-state index in [1.165, 1.54) is 34.5 Å². The summed E-state index contributed by atoms with van der Waals surface area (Å²) < 4.78 is 12.7. The first-order valence-electron chi connectivity index (χ1n) is 11.1. The lowest BCUT2D eigenvalue weighted by atomic mass is 10.0. The van der Waals surface area contributed by atoms with Gasteiger partial charge < -0.3 is 24.1 Å². The summed E-state index contributed by atoms with van der Waals surface area (Å²) in [5.74, 6) is 1.18. The van der Waals surface area contributed by atoms with Crippen LogP contribution < -0.4 is 15.0 Å². The number of aryl methyl sites for hydroxylation is 2. The Morgan fingerprint density at radius 1 is 1.00 bits per heavy atom. The number of hydrogen-bond donors (Lipinski definition) is 3. The highest BCUT2D eigenvalue weighted by Crippen LogP contribution is 2.43. The molecule has 0 saturated heterocycles. The predicted octanol–water partition coefficient (Wildman–Crippen LogP) is 4.73. The minimum atomic E-state index is 0.0794. The Kier molecular flexibility index (Phi) is 5.38. The Morgan fingerprint density at radius 2 is 1.74 bits per heavy atom. The highest BCUT2D eigenvalue weighted by atomic mass is 32.2. The number of aromatic hydroxyl groups is 1. The van der Waals surface area contributed by atoms with Crippen molar-refractivity contribution >= 4 is 22.9 Å². The van der Waals surface area contributed by atoms with Crippen LogP contribution in [0.4, 0.5) is 0 Å². The molecule has 8 nitrogen and oxygen atoms in total. The van der Waals surface area contributed by atoms with Crippen LogP contribution in [0.1, 0.15) is 5.56 Å². The maximum Gasteiger partial charge on any atom is 0.231 e. The Labute approximate surface area is 204 Å². The van der Waals surface area contributed by atoms with Crippen molar-refractivity contribution < 1.29 is 14.6 Å². The lowest BCUT2D eigenvalue weighted by Crippen LogP contribution is -2.13. The standard InChI is InChI=1S/C26H21N5O3S/c27-24-23-25(30-26(29-23)35-22-13-21-20(12-19(22)32)33-15-34-21)31(14-28-24)11-10-16-6-8-18(9-7-16)17-4-2-1-3-5-17/h1-9,12-14,27,32H,10-11,15H2,(H,29,30). The van der Waals surface area contributed by atoms with Gasteiger partial charge in [-0.3, -0.25) is 5.41 Å². The summed E-state index contributed by atoms with van der Waals surface area (Å²) in [6.45, 7) is 0.801. The fraction of sp³-hybridized carbons (Fsp3) is 0.115. The van der Waals surface area contributed by atoms with Crippen LogP contribution in [0.3, 0.4) is 0 Å². The number of nitrogens with zero attached hydrogens (tertiary/aromatic N) is 3. The van der Waals surface area contributed by atoms with E-state index >= 15 is 0 Å². The van der Waals surface area contributed by atoms with Gasteiger partial charge in [0.15, 0.2) is 27.8 Å². The Hall–Kier alpha value is -4.24.